The Labute approximate surface area is 293 Å². The normalized spacial score (nSPS) is 21.7. The second kappa shape index (κ2) is 12.1. The smallest absolute Gasteiger partial charge is 0.164 e. The van der Waals surface area contributed by atoms with E-state index < -0.39 is 0 Å². The number of fused-ring (bicyclic) bond motifs is 5. The van der Waals surface area contributed by atoms with Crippen molar-refractivity contribution in [2.45, 2.75) is 51.4 Å². The Hall–Kier alpha value is -5.60. The molecule has 2 aromatic heterocycles. The number of aromatic nitrogens is 4. The quantitative estimate of drug-likeness (QED) is 0.186. The molecule has 0 spiro atoms. The van der Waals surface area contributed by atoms with Crippen molar-refractivity contribution in [1.82, 2.24) is 19.5 Å². The van der Waals surface area contributed by atoms with E-state index in [0.717, 1.165) is 61.9 Å². The molecule has 2 bridgehead atoms. The monoisotopic (exact) mass is 649 g/mol. The predicted octanol–water partition coefficient (Wildman–Crippen LogP) is 10.9. The molecule has 0 N–H and O–H groups in total. The van der Waals surface area contributed by atoms with Gasteiger partial charge in [0.1, 0.15) is 0 Å². The van der Waals surface area contributed by atoms with Gasteiger partial charge in [0.2, 0.25) is 0 Å². The maximum absolute atomic E-state index is 9.73. The molecule has 4 atom stereocenters. The number of rotatable bonds is 5. The highest BCUT2D eigenvalue weighted by atomic mass is 15.0. The van der Waals surface area contributed by atoms with Gasteiger partial charge in [0.05, 0.1) is 22.7 Å². The fraction of sp³-hybridized carbons (Fsp3) is 0.244. The predicted molar refractivity (Wildman–Crippen MR) is 202 cm³/mol. The first-order valence-corrected chi connectivity index (χ1v) is 17.9. The van der Waals surface area contributed by atoms with Crippen molar-refractivity contribution in [3.05, 3.63) is 132 Å². The van der Waals surface area contributed by atoms with Crippen LogP contribution in [-0.2, 0) is 5.41 Å². The molecule has 0 amide bonds. The Kier molecular flexibility index (Phi) is 7.35. The molecular formula is C45H39N5. The average molecular weight is 650 g/mol. The molecule has 0 radical (unpaired) electrons. The summed E-state index contributed by atoms with van der Waals surface area (Å²) in [4.78, 5) is 15.3. The van der Waals surface area contributed by atoms with E-state index >= 15 is 0 Å². The van der Waals surface area contributed by atoms with Crippen LogP contribution in [0.1, 0.15) is 57.1 Å². The van der Waals surface area contributed by atoms with E-state index in [9.17, 15) is 5.26 Å². The molecular weight excluding hydrogens is 611 g/mol. The minimum Gasteiger partial charge on any atom is -0.309 e. The Bertz CT molecular complexity index is 2380. The highest BCUT2D eigenvalue weighted by molar-refractivity contribution is 6.10. The van der Waals surface area contributed by atoms with Gasteiger partial charge in [-0.1, -0.05) is 105 Å². The molecule has 5 aromatic carbocycles. The molecule has 5 heteroatoms. The van der Waals surface area contributed by atoms with Gasteiger partial charge in [-0.2, -0.15) is 5.26 Å². The van der Waals surface area contributed by atoms with Crippen LogP contribution in [0.3, 0.4) is 0 Å². The molecule has 50 heavy (non-hydrogen) atoms. The molecule has 244 valence electrons. The fourth-order valence-electron chi connectivity index (χ4n) is 9.46. The number of para-hydroxylation sites is 1. The Morgan fingerprint density at radius 3 is 1.78 bits per heavy atom. The summed E-state index contributed by atoms with van der Waals surface area (Å²) >= 11 is 0. The van der Waals surface area contributed by atoms with Crippen LogP contribution in [0.4, 0.5) is 0 Å². The van der Waals surface area contributed by atoms with Gasteiger partial charge < -0.3 is 4.57 Å². The molecule has 7 aromatic rings. The molecule has 9 rings (SSSR count). The lowest BCUT2D eigenvalue weighted by atomic mass is 9.54. The Balaban J connectivity index is 1.18. The summed E-state index contributed by atoms with van der Waals surface area (Å²) in [5.74, 6) is 4.34. The van der Waals surface area contributed by atoms with Crippen LogP contribution in [0.25, 0.3) is 61.7 Å². The summed E-state index contributed by atoms with van der Waals surface area (Å²) in [7, 11) is 0. The summed E-state index contributed by atoms with van der Waals surface area (Å²) in [6.07, 6.45) is 6.62. The number of hydrogen-bond donors (Lipinski definition) is 0. The number of nitriles is 1. The lowest BCUT2D eigenvalue weighted by molar-refractivity contribution is 0.0780. The van der Waals surface area contributed by atoms with Crippen molar-refractivity contribution >= 4 is 21.8 Å². The molecule has 2 saturated carbocycles. The van der Waals surface area contributed by atoms with Gasteiger partial charge in [-0.3, -0.25) is 0 Å². The topological polar surface area (TPSA) is 67.4 Å². The summed E-state index contributed by atoms with van der Waals surface area (Å²) < 4.78 is 2.23. The van der Waals surface area contributed by atoms with E-state index in [0.29, 0.717) is 23.0 Å². The first-order valence-electron chi connectivity index (χ1n) is 17.9. The van der Waals surface area contributed by atoms with Crippen molar-refractivity contribution < 1.29 is 0 Å². The molecule has 2 aliphatic rings. The summed E-state index contributed by atoms with van der Waals surface area (Å²) in [6.45, 7) is 4.89. The second-order valence-corrected chi connectivity index (χ2v) is 14.9. The lowest BCUT2D eigenvalue weighted by Crippen LogP contribution is -2.42. The van der Waals surface area contributed by atoms with Gasteiger partial charge in [-0.25, -0.2) is 15.0 Å². The highest BCUT2D eigenvalue weighted by Crippen LogP contribution is 2.54. The first kappa shape index (κ1) is 30.5. The van der Waals surface area contributed by atoms with Crippen LogP contribution in [0.15, 0.2) is 121 Å². The van der Waals surface area contributed by atoms with Gasteiger partial charge in [0.25, 0.3) is 0 Å². The summed E-state index contributed by atoms with van der Waals surface area (Å²) in [6, 6.07) is 44.3. The van der Waals surface area contributed by atoms with E-state index in [-0.39, 0.29) is 5.41 Å². The van der Waals surface area contributed by atoms with Crippen molar-refractivity contribution in [1.29, 1.82) is 5.26 Å². The zero-order chi connectivity index (χ0) is 33.8. The van der Waals surface area contributed by atoms with Gasteiger partial charge >= 0.3 is 0 Å². The van der Waals surface area contributed by atoms with Crippen LogP contribution >= 0.6 is 0 Å². The molecule has 2 heterocycles. The largest absolute Gasteiger partial charge is 0.309 e. The number of benzene rings is 5. The third-order valence-corrected chi connectivity index (χ3v) is 11.2. The zero-order valence-corrected chi connectivity index (χ0v) is 28.6. The highest BCUT2D eigenvalue weighted by Gasteiger charge is 2.45. The molecule has 2 fully saturated rings. The standard InChI is InChI=1S/C45H39N5/c1-29-21-32-22-30(2)26-45(25-29,27-32)36-17-14-34(15-18-36)43-47-42(33-9-5-3-6-10-33)48-44(49-43)35-16-20-39-38-19-13-31(28-46)23-40(38)50(41(39)24-35)37-11-7-4-8-12-37/h3-20,23-24,29-30,32H,21-22,25-27H2,1-2H3/t29-,30+,32?,45?. The van der Waals surface area contributed by atoms with Crippen molar-refractivity contribution in [3.8, 4) is 45.9 Å². The number of hydrogen-bond acceptors (Lipinski definition) is 4. The van der Waals surface area contributed by atoms with Crippen LogP contribution < -0.4 is 0 Å². The van der Waals surface area contributed by atoms with Crippen LogP contribution in [-0.4, -0.2) is 19.5 Å². The minimum absolute atomic E-state index is 0.276. The van der Waals surface area contributed by atoms with Crippen molar-refractivity contribution in [2.24, 2.45) is 17.8 Å². The third-order valence-electron chi connectivity index (χ3n) is 11.2. The zero-order valence-electron chi connectivity index (χ0n) is 28.6. The molecule has 0 aliphatic heterocycles. The van der Waals surface area contributed by atoms with E-state index in [1.807, 2.05) is 48.5 Å². The summed E-state index contributed by atoms with van der Waals surface area (Å²) in [5.41, 5.74) is 8.31. The fourth-order valence-corrected chi connectivity index (χ4v) is 9.46. The minimum atomic E-state index is 0.276. The van der Waals surface area contributed by atoms with Crippen LogP contribution in [0.5, 0.6) is 0 Å². The number of nitrogens with zero attached hydrogens (tertiary/aromatic N) is 5. The van der Waals surface area contributed by atoms with Crippen LogP contribution in [0, 0.1) is 29.1 Å². The van der Waals surface area contributed by atoms with Gasteiger partial charge in [0, 0.05) is 33.2 Å². The van der Waals surface area contributed by atoms with Crippen LogP contribution in [0.2, 0.25) is 0 Å². The van der Waals surface area contributed by atoms with E-state index in [1.54, 1.807) is 0 Å². The first-order chi connectivity index (χ1) is 24.5. The SMILES string of the molecule is C[C@@H]1CC2C[C@H](C)CC(c3ccc(-c4nc(-c5ccccc5)nc(-c5ccc6c7ccc(C#N)cc7n(-c7ccccc7)c6c5)n4)cc3)(C2)C1. The van der Waals surface area contributed by atoms with Crippen molar-refractivity contribution in [2.75, 3.05) is 0 Å². The summed E-state index contributed by atoms with van der Waals surface area (Å²) in [5, 5.41) is 11.9. The molecule has 0 saturated heterocycles. The Morgan fingerprint density at radius 2 is 1.14 bits per heavy atom. The van der Waals surface area contributed by atoms with Gasteiger partial charge in [-0.15, -0.1) is 0 Å². The van der Waals surface area contributed by atoms with Gasteiger partial charge in [0.15, 0.2) is 17.5 Å². The molecule has 2 aliphatic carbocycles. The lowest BCUT2D eigenvalue weighted by Gasteiger charge is -2.50. The second-order valence-electron chi connectivity index (χ2n) is 14.9. The van der Waals surface area contributed by atoms with Crippen molar-refractivity contribution in [3.63, 3.8) is 0 Å². The maximum Gasteiger partial charge on any atom is 0.164 e. The third kappa shape index (κ3) is 5.27. The maximum atomic E-state index is 9.73. The molecule has 5 nitrogen and oxygen atoms in total. The molecule has 2 unspecified atom stereocenters. The van der Waals surface area contributed by atoms with E-state index in [2.05, 4.69) is 97.3 Å². The average Bonchev–Trinajstić information content (AvgIpc) is 3.47. The Morgan fingerprint density at radius 1 is 0.600 bits per heavy atom. The van der Waals surface area contributed by atoms with Gasteiger partial charge in [-0.05, 0) is 91.2 Å². The van der Waals surface area contributed by atoms with E-state index in [4.69, 9.17) is 15.0 Å². The van der Waals surface area contributed by atoms with E-state index in [1.165, 1.54) is 37.7 Å².